The Bertz CT molecular complexity index is 787. The predicted octanol–water partition coefficient (Wildman–Crippen LogP) is 1.55. The molecule has 0 spiro atoms. The highest BCUT2D eigenvalue weighted by Crippen LogP contribution is 2.27. The van der Waals surface area contributed by atoms with Crippen LogP contribution < -0.4 is 11.3 Å². The molecule has 3 rings (SSSR count). The number of hydrogen-bond donors (Lipinski definition) is 1. The molecule has 0 saturated carbocycles. The molecule has 0 aliphatic carbocycles. The van der Waals surface area contributed by atoms with Gasteiger partial charge in [0.25, 0.3) is 5.56 Å². The van der Waals surface area contributed by atoms with Crippen LogP contribution in [0.5, 0.6) is 0 Å². The maximum absolute atomic E-state index is 14.0. The van der Waals surface area contributed by atoms with Gasteiger partial charge in [-0.15, -0.1) is 0 Å². The summed E-state index contributed by atoms with van der Waals surface area (Å²) in [5.41, 5.74) is 4.85. The lowest BCUT2D eigenvalue weighted by Crippen LogP contribution is -2.35. The van der Waals surface area contributed by atoms with E-state index in [1.807, 2.05) is 0 Å². The van der Waals surface area contributed by atoms with Crippen LogP contribution in [-0.2, 0) is 11.3 Å². The van der Waals surface area contributed by atoms with Crippen LogP contribution in [0.1, 0.15) is 24.6 Å². The number of halogens is 2. The van der Waals surface area contributed by atoms with Crippen molar-refractivity contribution in [2.75, 3.05) is 0 Å². The molecule has 0 bridgehead atoms. The van der Waals surface area contributed by atoms with Crippen molar-refractivity contribution in [2.45, 2.75) is 25.3 Å². The lowest BCUT2D eigenvalue weighted by Gasteiger charge is -2.24. The quantitative estimate of drug-likeness (QED) is 0.867. The fourth-order valence-electron chi connectivity index (χ4n) is 2.58. The highest BCUT2D eigenvalue weighted by Gasteiger charge is 2.28. The Labute approximate surface area is 118 Å². The zero-order valence-electron chi connectivity index (χ0n) is 10.4. The number of primary amides is 1. The van der Waals surface area contributed by atoms with E-state index in [1.54, 1.807) is 0 Å². The Balaban J connectivity index is 2.40. The number of benzene rings is 1. The van der Waals surface area contributed by atoms with Crippen molar-refractivity contribution in [2.24, 2.45) is 5.73 Å². The summed E-state index contributed by atoms with van der Waals surface area (Å²) >= 11 is 5.71. The molecule has 1 aliphatic heterocycles. The number of amides is 1. The molecule has 1 amide bonds. The number of nitrogens with two attached hydrogens (primary N) is 1. The molecule has 2 N–H and O–H groups in total. The smallest absolute Gasteiger partial charge is 0.261 e. The molecule has 1 aliphatic rings. The van der Waals surface area contributed by atoms with Gasteiger partial charge in [0.05, 0.1) is 16.3 Å². The highest BCUT2D eigenvalue weighted by molar-refractivity contribution is 6.31. The molecule has 20 heavy (non-hydrogen) atoms. The van der Waals surface area contributed by atoms with E-state index in [9.17, 15) is 14.0 Å². The van der Waals surface area contributed by atoms with Crippen LogP contribution in [0.3, 0.4) is 0 Å². The molecule has 104 valence electrons. The monoisotopic (exact) mass is 295 g/mol. The zero-order chi connectivity index (χ0) is 14.4. The summed E-state index contributed by atoms with van der Waals surface area (Å²) in [7, 11) is 0. The van der Waals surface area contributed by atoms with Crippen LogP contribution in [0.2, 0.25) is 5.02 Å². The third kappa shape index (κ3) is 1.79. The maximum atomic E-state index is 14.0. The average molecular weight is 296 g/mol. The minimum absolute atomic E-state index is 0.109. The van der Waals surface area contributed by atoms with Crippen molar-refractivity contribution < 1.29 is 9.18 Å². The van der Waals surface area contributed by atoms with E-state index in [0.29, 0.717) is 19.4 Å². The van der Waals surface area contributed by atoms with Gasteiger partial charge in [0.1, 0.15) is 11.3 Å². The zero-order valence-corrected chi connectivity index (χ0v) is 11.2. The van der Waals surface area contributed by atoms with Crippen molar-refractivity contribution in [3.05, 3.63) is 39.2 Å². The molecular weight excluding hydrogens is 285 g/mol. The summed E-state index contributed by atoms with van der Waals surface area (Å²) in [5.74, 6) is -1.76. The van der Waals surface area contributed by atoms with E-state index in [-0.39, 0.29) is 27.3 Å². The molecule has 0 saturated heterocycles. The van der Waals surface area contributed by atoms with Crippen molar-refractivity contribution in [3.8, 4) is 0 Å². The third-order valence-corrected chi connectivity index (χ3v) is 3.87. The topological polar surface area (TPSA) is 78.0 Å². The molecule has 1 aromatic heterocycles. The Morgan fingerprint density at radius 2 is 2.25 bits per heavy atom. The maximum Gasteiger partial charge on any atom is 0.261 e. The van der Waals surface area contributed by atoms with E-state index >= 15 is 0 Å². The summed E-state index contributed by atoms with van der Waals surface area (Å²) in [4.78, 5) is 28.0. The normalized spacial score (nSPS) is 18.0. The van der Waals surface area contributed by atoms with E-state index < -0.39 is 17.6 Å². The van der Waals surface area contributed by atoms with Crippen LogP contribution in [-0.4, -0.2) is 15.5 Å². The van der Waals surface area contributed by atoms with Crippen LogP contribution >= 0.6 is 11.6 Å². The number of carbonyl (C=O) groups excluding carboxylic acids is 1. The molecule has 0 radical (unpaired) electrons. The molecule has 1 unspecified atom stereocenters. The van der Waals surface area contributed by atoms with E-state index in [0.717, 1.165) is 0 Å². The number of aromatic nitrogens is 2. The lowest BCUT2D eigenvalue weighted by molar-refractivity contribution is -0.120. The lowest BCUT2D eigenvalue weighted by atomic mass is 9.97. The van der Waals surface area contributed by atoms with Gasteiger partial charge < -0.3 is 5.73 Å². The van der Waals surface area contributed by atoms with Crippen molar-refractivity contribution in [1.82, 2.24) is 9.55 Å². The van der Waals surface area contributed by atoms with Crippen LogP contribution in [0, 0.1) is 5.82 Å². The van der Waals surface area contributed by atoms with Crippen LogP contribution in [0.4, 0.5) is 4.39 Å². The van der Waals surface area contributed by atoms with Gasteiger partial charge in [-0.05, 0) is 25.0 Å². The standard InChI is InChI=1S/C13H11ClFN3O2/c14-8-4-3-6-10(9(8)15)17-12-7(11(16)19)2-1-5-18(12)13(6)20/h3-4,7H,1-2,5H2,(H2,16,19). The van der Waals surface area contributed by atoms with Gasteiger partial charge in [0.2, 0.25) is 5.91 Å². The second kappa shape index (κ2) is 4.56. The van der Waals surface area contributed by atoms with Gasteiger partial charge in [-0.1, -0.05) is 11.6 Å². The molecular formula is C13H11ClFN3O2. The first-order valence-corrected chi connectivity index (χ1v) is 6.56. The van der Waals surface area contributed by atoms with Gasteiger partial charge >= 0.3 is 0 Å². The fraction of sp³-hybridized carbons (Fsp3) is 0.308. The van der Waals surface area contributed by atoms with Gasteiger partial charge in [-0.2, -0.15) is 0 Å². The average Bonchev–Trinajstić information content (AvgIpc) is 2.43. The number of carbonyl (C=O) groups is 1. The second-order valence-corrected chi connectivity index (χ2v) is 5.19. The summed E-state index contributed by atoms with van der Waals surface area (Å²) in [5, 5.41) is 0.0431. The first kappa shape index (κ1) is 13.1. The Morgan fingerprint density at radius 3 is 2.95 bits per heavy atom. The van der Waals surface area contributed by atoms with Crippen LogP contribution in [0.15, 0.2) is 16.9 Å². The first-order chi connectivity index (χ1) is 9.50. The number of hydrogen-bond acceptors (Lipinski definition) is 3. The summed E-state index contributed by atoms with van der Waals surface area (Å²) < 4.78 is 15.4. The Morgan fingerprint density at radius 1 is 1.50 bits per heavy atom. The number of rotatable bonds is 1. The molecule has 2 heterocycles. The van der Waals surface area contributed by atoms with E-state index in [1.165, 1.54) is 16.7 Å². The minimum atomic E-state index is -0.751. The van der Waals surface area contributed by atoms with Crippen LogP contribution in [0.25, 0.3) is 10.9 Å². The molecule has 5 nitrogen and oxygen atoms in total. The largest absolute Gasteiger partial charge is 0.369 e. The summed E-state index contributed by atoms with van der Waals surface area (Å²) in [6.07, 6.45) is 1.17. The highest BCUT2D eigenvalue weighted by atomic mass is 35.5. The number of fused-ring (bicyclic) bond motifs is 2. The fourth-order valence-corrected chi connectivity index (χ4v) is 2.73. The van der Waals surface area contributed by atoms with Gasteiger partial charge in [-0.25, -0.2) is 9.37 Å². The SMILES string of the molecule is NC(=O)C1CCCn2c1nc1c(F)c(Cl)ccc1c2=O. The van der Waals surface area contributed by atoms with E-state index in [2.05, 4.69) is 4.98 Å². The molecule has 0 fully saturated rings. The Hall–Kier alpha value is -1.95. The molecule has 1 atom stereocenters. The third-order valence-electron chi connectivity index (χ3n) is 3.58. The first-order valence-electron chi connectivity index (χ1n) is 6.18. The second-order valence-electron chi connectivity index (χ2n) is 4.78. The van der Waals surface area contributed by atoms with Gasteiger partial charge in [0.15, 0.2) is 5.82 Å². The van der Waals surface area contributed by atoms with Gasteiger partial charge in [-0.3, -0.25) is 14.2 Å². The minimum Gasteiger partial charge on any atom is -0.369 e. The van der Waals surface area contributed by atoms with Crippen molar-refractivity contribution in [1.29, 1.82) is 0 Å². The van der Waals surface area contributed by atoms with Crippen molar-refractivity contribution in [3.63, 3.8) is 0 Å². The molecule has 2 aromatic rings. The number of nitrogens with zero attached hydrogens (tertiary/aromatic N) is 2. The summed E-state index contributed by atoms with van der Waals surface area (Å²) in [6.45, 7) is 0.450. The molecule has 7 heteroatoms. The van der Waals surface area contributed by atoms with Crippen molar-refractivity contribution >= 4 is 28.4 Å². The van der Waals surface area contributed by atoms with Gasteiger partial charge in [0, 0.05) is 6.54 Å². The Kier molecular flexibility index (Phi) is 2.97. The van der Waals surface area contributed by atoms with E-state index in [4.69, 9.17) is 17.3 Å². The molecule has 1 aromatic carbocycles. The predicted molar refractivity (Wildman–Crippen MR) is 72.1 cm³/mol. The summed E-state index contributed by atoms with van der Waals surface area (Å²) in [6, 6.07) is 2.76.